The fourth-order valence-electron chi connectivity index (χ4n) is 1.74. The van der Waals surface area contributed by atoms with E-state index >= 15 is 0 Å². The Hall–Kier alpha value is -1.29. The summed E-state index contributed by atoms with van der Waals surface area (Å²) in [7, 11) is 0. The average molecular weight is 266 g/mol. The topological polar surface area (TPSA) is 35.3 Å². The second-order valence-corrected chi connectivity index (χ2v) is 3.92. The number of hydrogen-bond acceptors (Lipinski definition) is 3. The molecule has 1 aliphatic heterocycles. The molecule has 4 heteroatoms. The predicted molar refractivity (Wildman–Crippen MR) is 58.9 cm³/mol. The van der Waals surface area contributed by atoms with Gasteiger partial charge in [-0.05, 0) is 12.1 Å². The van der Waals surface area contributed by atoms with E-state index < -0.39 is 0 Å². The van der Waals surface area contributed by atoms with Crippen molar-refractivity contribution in [1.82, 2.24) is 5.16 Å². The molecule has 2 aromatic rings. The number of hydrogen-bond donors (Lipinski definition) is 0. The predicted octanol–water partition coefficient (Wildman–Crippen LogP) is 3.13. The first-order valence-electron chi connectivity index (χ1n) is 4.65. The van der Waals surface area contributed by atoms with Gasteiger partial charge in [0.1, 0.15) is 18.1 Å². The van der Waals surface area contributed by atoms with Crippen molar-refractivity contribution in [2.45, 2.75) is 11.9 Å². The van der Waals surface area contributed by atoms with Gasteiger partial charge in [0, 0.05) is 5.33 Å². The van der Waals surface area contributed by atoms with Crippen LogP contribution in [0, 0.1) is 0 Å². The Balaban J connectivity index is 2.22. The van der Waals surface area contributed by atoms with E-state index in [1.54, 1.807) is 0 Å². The highest BCUT2D eigenvalue weighted by atomic mass is 79.9. The van der Waals surface area contributed by atoms with Gasteiger partial charge in [0.05, 0.1) is 11.1 Å². The van der Waals surface area contributed by atoms with E-state index in [1.807, 2.05) is 24.3 Å². The molecule has 2 heterocycles. The number of halogens is 1. The minimum atomic E-state index is 0.538. The van der Waals surface area contributed by atoms with E-state index in [0.29, 0.717) is 11.9 Å². The molecule has 0 aliphatic carbocycles. The van der Waals surface area contributed by atoms with Crippen molar-refractivity contribution in [3.05, 3.63) is 35.5 Å². The third kappa shape index (κ3) is 1.28. The largest absolute Gasteiger partial charge is 0.488 e. The number of ether oxygens (including phenoxy) is 1. The monoisotopic (exact) mass is 265 g/mol. The molecular formula is C11H8BrNO2. The average Bonchev–Trinajstić information content (AvgIpc) is 2.72. The molecule has 3 nitrogen and oxygen atoms in total. The molecule has 3 rings (SSSR count). The fraction of sp³-hybridized carbons (Fsp3) is 0.182. The number of para-hydroxylation sites is 1. The summed E-state index contributed by atoms with van der Waals surface area (Å²) in [5.74, 6) is 1.70. The van der Waals surface area contributed by atoms with E-state index in [1.165, 1.54) is 0 Å². The molecule has 0 saturated carbocycles. The maximum atomic E-state index is 5.63. The number of rotatable bonds is 1. The van der Waals surface area contributed by atoms with Crippen LogP contribution in [-0.4, -0.2) is 5.16 Å². The van der Waals surface area contributed by atoms with Crippen molar-refractivity contribution in [2.75, 3.05) is 0 Å². The second-order valence-electron chi connectivity index (χ2n) is 3.36. The summed E-state index contributed by atoms with van der Waals surface area (Å²) >= 11 is 3.38. The summed E-state index contributed by atoms with van der Waals surface area (Å²) in [6.07, 6.45) is 0. The van der Waals surface area contributed by atoms with Crippen molar-refractivity contribution in [3.63, 3.8) is 0 Å². The number of nitrogens with zero attached hydrogens (tertiary/aromatic N) is 1. The molecule has 1 aliphatic rings. The van der Waals surface area contributed by atoms with Crippen LogP contribution >= 0.6 is 15.9 Å². The van der Waals surface area contributed by atoms with Gasteiger partial charge in [-0.3, -0.25) is 0 Å². The standard InChI is InChI=1S/C11H8BrNO2/c12-5-9-8-6-14-10-4-2-1-3-7(10)11(8)15-13-9/h1-4H,5-6H2. The van der Waals surface area contributed by atoms with Crippen molar-refractivity contribution in [1.29, 1.82) is 0 Å². The molecule has 0 radical (unpaired) electrons. The van der Waals surface area contributed by atoms with E-state index in [0.717, 1.165) is 28.3 Å². The maximum absolute atomic E-state index is 5.63. The summed E-state index contributed by atoms with van der Waals surface area (Å²) in [4.78, 5) is 0. The molecule has 0 bridgehead atoms. The van der Waals surface area contributed by atoms with Gasteiger partial charge in [0.25, 0.3) is 0 Å². The summed E-state index contributed by atoms with van der Waals surface area (Å²) in [6.45, 7) is 0.538. The van der Waals surface area contributed by atoms with Crippen LogP contribution in [0.2, 0.25) is 0 Å². The Labute approximate surface area is 95.2 Å². The number of fused-ring (bicyclic) bond motifs is 3. The van der Waals surface area contributed by atoms with E-state index in [-0.39, 0.29) is 0 Å². The number of aromatic nitrogens is 1. The molecule has 0 atom stereocenters. The molecule has 0 unspecified atom stereocenters. The highest BCUT2D eigenvalue weighted by molar-refractivity contribution is 9.08. The second kappa shape index (κ2) is 3.38. The van der Waals surface area contributed by atoms with E-state index in [2.05, 4.69) is 21.1 Å². The van der Waals surface area contributed by atoms with Crippen LogP contribution < -0.4 is 4.74 Å². The fourth-order valence-corrected chi connectivity index (χ4v) is 2.18. The quantitative estimate of drug-likeness (QED) is 0.744. The van der Waals surface area contributed by atoms with Gasteiger partial charge in [-0.2, -0.15) is 0 Å². The highest BCUT2D eigenvalue weighted by Crippen LogP contribution is 2.38. The van der Waals surface area contributed by atoms with Crippen molar-refractivity contribution in [2.24, 2.45) is 0 Å². The Bertz CT molecular complexity index is 507. The van der Waals surface area contributed by atoms with Crippen LogP contribution in [0.15, 0.2) is 28.8 Å². The Morgan fingerprint density at radius 3 is 3.07 bits per heavy atom. The molecule has 0 N–H and O–H groups in total. The normalized spacial score (nSPS) is 12.9. The first kappa shape index (κ1) is 8.97. The molecule has 0 spiro atoms. The molecule has 0 fully saturated rings. The zero-order chi connectivity index (χ0) is 10.3. The Kier molecular flexibility index (Phi) is 2.02. The lowest BCUT2D eigenvalue weighted by Gasteiger charge is -2.15. The summed E-state index contributed by atoms with van der Waals surface area (Å²) in [6, 6.07) is 7.84. The summed E-state index contributed by atoms with van der Waals surface area (Å²) in [5, 5.41) is 4.71. The van der Waals surface area contributed by atoms with Crippen LogP contribution in [0.4, 0.5) is 0 Å². The van der Waals surface area contributed by atoms with Crippen molar-refractivity contribution >= 4 is 15.9 Å². The SMILES string of the molecule is BrCc1noc2c1COc1ccccc1-2. The van der Waals surface area contributed by atoms with Gasteiger partial charge in [-0.25, -0.2) is 0 Å². The number of alkyl halides is 1. The van der Waals surface area contributed by atoms with Crippen molar-refractivity contribution in [3.8, 4) is 17.1 Å². The van der Waals surface area contributed by atoms with Gasteiger partial charge in [0.15, 0.2) is 5.76 Å². The molecule has 0 saturated heterocycles. The summed E-state index contributed by atoms with van der Waals surface area (Å²) in [5.41, 5.74) is 2.95. The zero-order valence-electron chi connectivity index (χ0n) is 7.87. The smallest absolute Gasteiger partial charge is 0.177 e. The lowest BCUT2D eigenvalue weighted by atomic mass is 10.0. The minimum absolute atomic E-state index is 0.538. The Morgan fingerprint density at radius 2 is 2.20 bits per heavy atom. The van der Waals surface area contributed by atoms with Crippen LogP contribution in [0.3, 0.4) is 0 Å². The van der Waals surface area contributed by atoms with Gasteiger partial charge < -0.3 is 9.26 Å². The minimum Gasteiger partial charge on any atom is -0.488 e. The lowest BCUT2D eigenvalue weighted by Crippen LogP contribution is -2.04. The van der Waals surface area contributed by atoms with Gasteiger partial charge in [0.2, 0.25) is 0 Å². The molecule has 0 amide bonds. The van der Waals surface area contributed by atoms with Crippen LogP contribution in [0.25, 0.3) is 11.3 Å². The third-order valence-corrected chi connectivity index (χ3v) is 3.03. The van der Waals surface area contributed by atoms with Gasteiger partial charge in [-0.15, -0.1) is 0 Å². The van der Waals surface area contributed by atoms with Crippen LogP contribution in [0.1, 0.15) is 11.3 Å². The molecule has 1 aromatic heterocycles. The summed E-state index contributed by atoms with van der Waals surface area (Å²) < 4.78 is 11.0. The first-order chi connectivity index (χ1) is 7.40. The maximum Gasteiger partial charge on any atom is 0.177 e. The molecule has 15 heavy (non-hydrogen) atoms. The van der Waals surface area contributed by atoms with Crippen LogP contribution in [-0.2, 0) is 11.9 Å². The molecule has 1 aromatic carbocycles. The van der Waals surface area contributed by atoms with Gasteiger partial charge in [-0.1, -0.05) is 33.2 Å². The highest BCUT2D eigenvalue weighted by Gasteiger charge is 2.24. The van der Waals surface area contributed by atoms with Crippen molar-refractivity contribution < 1.29 is 9.26 Å². The van der Waals surface area contributed by atoms with Crippen LogP contribution in [0.5, 0.6) is 5.75 Å². The molecule has 76 valence electrons. The Morgan fingerprint density at radius 1 is 1.33 bits per heavy atom. The third-order valence-electron chi connectivity index (χ3n) is 2.50. The van der Waals surface area contributed by atoms with E-state index in [9.17, 15) is 0 Å². The van der Waals surface area contributed by atoms with Gasteiger partial charge >= 0.3 is 0 Å². The molecular weight excluding hydrogens is 258 g/mol. The van der Waals surface area contributed by atoms with E-state index in [4.69, 9.17) is 9.26 Å². The number of benzene rings is 1. The zero-order valence-corrected chi connectivity index (χ0v) is 9.45. The first-order valence-corrected chi connectivity index (χ1v) is 5.78. The lowest BCUT2D eigenvalue weighted by molar-refractivity contribution is 0.297.